The number of rotatable bonds is 1. The fourth-order valence-electron chi connectivity index (χ4n) is 2.64. The third-order valence-corrected chi connectivity index (χ3v) is 4.38. The van der Waals surface area contributed by atoms with Gasteiger partial charge in [0.25, 0.3) is 0 Å². The van der Waals surface area contributed by atoms with Crippen molar-refractivity contribution in [2.45, 2.75) is 38.7 Å². The van der Waals surface area contributed by atoms with E-state index in [0.717, 1.165) is 24.0 Å². The fourth-order valence-corrected chi connectivity index (χ4v) is 2.91. The Hall–Kier alpha value is -1.81. The van der Waals surface area contributed by atoms with Crippen molar-refractivity contribution >= 4 is 22.0 Å². The molecule has 3 rings (SSSR count). The van der Waals surface area contributed by atoms with E-state index in [0.29, 0.717) is 5.92 Å². The first-order valence-electron chi connectivity index (χ1n) is 8.58. The third kappa shape index (κ3) is 6.91. The van der Waals surface area contributed by atoms with Crippen LogP contribution in [0, 0.1) is 0 Å². The number of carbonyl (C=O) groups excluding carboxylic acids is 1. The van der Waals surface area contributed by atoms with E-state index in [-0.39, 0.29) is 6.09 Å². The van der Waals surface area contributed by atoms with Crippen molar-refractivity contribution in [3.63, 3.8) is 0 Å². The summed E-state index contributed by atoms with van der Waals surface area (Å²) >= 11 is 3.44. The Kier molecular flexibility index (Phi) is 7.06. The van der Waals surface area contributed by atoms with Crippen LogP contribution in [0.4, 0.5) is 4.79 Å². The van der Waals surface area contributed by atoms with Gasteiger partial charge in [0.15, 0.2) is 0 Å². The van der Waals surface area contributed by atoms with Crippen LogP contribution in [0.15, 0.2) is 65.1 Å². The van der Waals surface area contributed by atoms with Crippen LogP contribution in [0.2, 0.25) is 0 Å². The largest absolute Gasteiger partial charge is 0.444 e. The van der Waals surface area contributed by atoms with Crippen LogP contribution in [0.25, 0.3) is 0 Å². The summed E-state index contributed by atoms with van der Waals surface area (Å²) in [6, 6.07) is 20.3. The molecule has 1 aliphatic rings. The lowest BCUT2D eigenvalue weighted by molar-refractivity contribution is 0.0292. The molecule has 0 saturated carbocycles. The minimum Gasteiger partial charge on any atom is -0.444 e. The minimum atomic E-state index is -0.424. The SMILES string of the molecule is CC(C)(C)OC(=O)N1CCC(c2ccc(Br)cc2)C1.c1ccccc1. The molecule has 0 spiro atoms. The van der Waals surface area contributed by atoms with Crippen molar-refractivity contribution in [2.24, 2.45) is 0 Å². The molecule has 1 fully saturated rings. The molecular formula is C21H26BrNO2. The molecule has 0 aromatic heterocycles. The van der Waals surface area contributed by atoms with Crippen LogP contribution >= 0.6 is 15.9 Å². The maximum atomic E-state index is 12.0. The Balaban J connectivity index is 0.000000316. The zero-order chi connectivity index (χ0) is 18.3. The lowest BCUT2D eigenvalue weighted by Crippen LogP contribution is -2.35. The summed E-state index contributed by atoms with van der Waals surface area (Å²) in [6.45, 7) is 7.21. The van der Waals surface area contributed by atoms with E-state index in [2.05, 4.69) is 28.1 Å². The molecule has 0 bridgehead atoms. The van der Waals surface area contributed by atoms with E-state index in [1.165, 1.54) is 5.56 Å². The lowest BCUT2D eigenvalue weighted by Gasteiger charge is -2.24. The summed E-state index contributed by atoms with van der Waals surface area (Å²) in [5, 5.41) is 0. The fraction of sp³-hybridized carbons (Fsp3) is 0.381. The molecule has 3 nitrogen and oxygen atoms in total. The molecule has 2 aromatic carbocycles. The molecule has 134 valence electrons. The first-order valence-corrected chi connectivity index (χ1v) is 9.38. The number of amides is 1. The van der Waals surface area contributed by atoms with Gasteiger partial charge in [-0.3, -0.25) is 0 Å². The van der Waals surface area contributed by atoms with Crippen molar-refractivity contribution in [1.82, 2.24) is 4.90 Å². The van der Waals surface area contributed by atoms with Crippen molar-refractivity contribution < 1.29 is 9.53 Å². The quantitative estimate of drug-likeness (QED) is 0.596. The van der Waals surface area contributed by atoms with Gasteiger partial charge >= 0.3 is 6.09 Å². The number of nitrogens with zero attached hydrogens (tertiary/aromatic N) is 1. The van der Waals surface area contributed by atoms with Crippen LogP contribution in [0.5, 0.6) is 0 Å². The monoisotopic (exact) mass is 403 g/mol. The first-order chi connectivity index (χ1) is 11.8. The standard InChI is InChI=1S/C15H20BrNO2.C6H6/c1-15(2,3)19-14(18)17-9-8-12(10-17)11-4-6-13(16)7-5-11;1-2-4-6-5-3-1/h4-7,12H,8-10H2,1-3H3;1-6H. The summed E-state index contributed by atoms with van der Waals surface area (Å²) in [4.78, 5) is 13.8. The molecule has 0 N–H and O–H groups in total. The third-order valence-electron chi connectivity index (χ3n) is 3.85. The molecule has 25 heavy (non-hydrogen) atoms. The molecule has 1 heterocycles. The highest BCUT2D eigenvalue weighted by Gasteiger charge is 2.30. The summed E-state index contributed by atoms with van der Waals surface area (Å²) in [7, 11) is 0. The smallest absolute Gasteiger partial charge is 0.410 e. The Morgan fingerprint density at radius 2 is 1.56 bits per heavy atom. The van der Waals surface area contributed by atoms with E-state index < -0.39 is 5.60 Å². The molecular weight excluding hydrogens is 378 g/mol. The number of hydrogen-bond acceptors (Lipinski definition) is 2. The number of ether oxygens (including phenoxy) is 1. The van der Waals surface area contributed by atoms with Crippen LogP contribution in [-0.4, -0.2) is 29.7 Å². The van der Waals surface area contributed by atoms with E-state index in [9.17, 15) is 4.79 Å². The van der Waals surface area contributed by atoms with Crippen molar-refractivity contribution in [1.29, 1.82) is 0 Å². The highest BCUT2D eigenvalue weighted by atomic mass is 79.9. The van der Waals surface area contributed by atoms with Gasteiger partial charge in [-0.15, -0.1) is 0 Å². The molecule has 4 heteroatoms. The summed E-state index contributed by atoms with van der Waals surface area (Å²) < 4.78 is 6.49. The Labute approximate surface area is 159 Å². The second kappa shape index (κ2) is 9.04. The topological polar surface area (TPSA) is 29.5 Å². The van der Waals surface area contributed by atoms with Crippen LogP contribution in [-0.2, 0) is 4.74 Å². The maximum absolute atomic E-state index is 12.0. The molecule has 1 unspecified atom stereocenters. The van der Waals surface area contributed by atoms with E-state index in [4.69, 9.17) is 4.74 Å². The van der Waals surface area contributed by atoms with Crippen molar-refractivity contribution in [3.8, 4) is 0 Å². The first kappa shape index (κ1) is 19.5. The second-order valence-electron chi connectivity index (χ2n) is 7.12. The van der Waals surface area contributed by atoms with Gasteiger partial charge < -0.3 is 9.64 Å². The molecule has 1 aliphatic heterocycles. The Bertz CT molecular complexity index is 623. The van der Waals surface area contributed by atoms with Gasteiger partial charge in [0.1, 0.15) is 5.60 Å². The Morgan fingerprint density at radius 3 is 2.04 bits per heavy atom. The molecule has 0 aliphatic carbocycles. The van der Waals surface area contributed by atoms with Gasteiger partial charge in [-0.1, -0.05) is 64.5 Å². The molecule has 1 saturated heterocycles. The van der Waals surface area contributed by atoms with E-state index in [1.54, 1.807) is 4.90 Å². The highest BCUT2D eigenvalue weighted by molar-refractivity contribution is 9.10. The molecule has 2 aromatic rings. The van der Waals surface area contributed by atoms with Crippen LogP contribution < -0.4 is 0 Å². The number of hydrogen-bond donors (Lipinski definition) is 0. The second-order valence-corrected chi connectivity index (χ2v) is 8.03. The normalized spacial score (nSPS) is 16.8. The van der Waals surface area contributed by atoms with Gasteiger partial charge in [0.05, 0.1) is 0 Å². The van der Waals surface area contributed by atoms with E-state index in [1.807, 2.05) is 69.3 Å². The average Bonchev–Trinajstić information content (AvgIpc) is 3.06. The molecule has 1 atom stereocenters. The van der Waals surface area contributed by atoms with Crippen LogP contribution in [0.1, 0.15) is 38.7 Å². The van der Waals surface area contributed by atoms with Gasteiger partial charge in [-0.2, -0.15) is 0 Å². The predicted octanol–water partition coefficient (Wildman–Crippen LogP) is 5.86. The van der Waals surface area contributed by atoms with Crippen molar-refractivity contribution in [3.05, 3.63) is 70.7 Å². The number of halogens is 1. The minimum absolute atomic E-state index is 0.202. The summed E-state index contributed by atoms with van der Waals surface area (Å²) in [5.74, 6) is 0.417. The Morgan fingerprint density at radius 1 is 1.04 bits per heavy atom. The zero-order valence-corrected chi connectivity index (χ0v) is 16.7. The zero-order valence-electron chi connectivity index (χ0n) is 15.1. The average molecular weight is 404 g/mol. The van der Waals surface area contributed by atoms with Gasteiger partial charge in [0.2, 0.25) is 0 Å². The van der Waals surface area contributed by atoms with Gasteiger partial charge in [-0.05, 0) is 44.9 Å². The lowest BCUT2D eigenvalue weighted by atomic mass is 9.99. The van der Waals surface area contributed by atoms with Gasteiger partial charge in [0, 0.05) is 23.5 Å². The number of likely N-dealkylation sites (tertiary alicyclic amines) is 1. The predicted molar refractivity (Wildman–Crippen MR) is 106 cm³/mol. The van der Waals surface area contributed by atoms with E-state index >= 15 is 0 Å². The maximum Gasteiger partial charge on any atom is 0.410 e. The summed E-state index contributed by atoms with van der Waals surface area (Å²) in [5.41, 5.74) is 0.863. The number of carbonyl (C=O) groups is 1. The van der Waals surface area contributed by atoms with Crippen LogP contribution in [0.3, 0.4) is 0 Å². The molecule has 1 amide bonds. The highest BCUT2D eigenvalue weighted by Crippen LogP contribution is 2.29. The summed E-state index contributed by atoms with van der Waals surface area (Å²) in [6.07, 6.45) is 0.799. The van der Waals surface area contributed by atoms with Crippen molar-refractivity contribution in [2.75, 3.05) is 13.1 Å². The van der Waals surface area contributed by atoms with Gasteiger partial charge in [-0.25, -0.2) is 4.79 Å². The molecule has 0 radical (unpaired) electrons. The number of benzene rings is 2.